The molecule has 0 radical (unpaired) electrons. The lowest BCUT2D eigenvalue weighted by Crippen LogP contribution is -2.03. The smallest absolute Gasteiger partial charge is 0.216 e. The number of hydrogen-bond donors (Lipinski definition) is 1. The average molecular weight is 326 g/mol. The van der Waals surface area contributed by atoms with E-state index < -0.39 is 0 Å². The molecule has 0 spiro atoms. The molecule has 0 aliphatic carbocycles. The van der Waals surface area contributed by atoms with Gasteiger partial charge in [0.25, 0.3) is 0 Å². The minimum absolute atomic E-state index is 0.260. The maximum Gasteiger partial charge on any atom is 0.216 e. The van der Waals surface area contributed by atoms with Gasteiger partial charge in [-0.25, -0.2) is 5.10 Å². The predicted octanol–water partition coefficient (Wildman–Crippen LogP) is 3.66. The van der Waals surface area contributed by atoms with E-state index in [4.69, 9.17) is 21.4 Å². The van der Waals surface area contributed by atoms with Crippen molar-refractivity contribution in [1.82, 2.24) is 14.9 Å². The molecule has 1 N–H and O–H groups in total. The normalized spacial score (nSPS) is 11.5. The summed E-state index contributed by atoms with van der Waals surface area (Å²) in [6.45, 7) is 0.260. The van der Waals surface area contributed by atoms with Gasteiger partial charge in [-0.05, 0) is 48.6 Å². The van der Waals surface area contributed by atoms with Crippen LogP contribution in [0, 0.1) is 4.77 Å². The predicted molar refractivity (Wildman–Crippen MR) is 89.8 cm³/mol. The van der Waals surface area contributed by atoms with Crippen molar-refractivity contribution < 1.29 is 9.15 Å². The van der Waals surface area contributed by atoms with Crippen LogP contribution in [0.1, 0.15) is 11.6 Å². The average Bonchev–Trinajstić information content (AvgIpc) is 3.21. The molecule has 2 heterocycles. The third kappa shape index (κ3) is 4.04. The zero-order chi connectivity index (χ0) is 15.9. The molecule has 0 amide bonds. The summed E-state index contributed by atoms with van der Waals surface area (Å²) in [5, 5.41) is 11.1. The van der Waals surface area contributed by atoms with Gasteiger partial charge in [0.05, 0.1) is 6.26 Å². The molecular weight excluding hydrogens is 312 g/mol. The third-order valence-corrected chi connectivity index (χ3v) is 3.16. The summed E-state index contributed by atoms with van der Waals surface area (Å²) in [7, 11) is 0. The molecule has 0 saturated carbocycles. The van der Waals surface area contributed by atoms with Crippen molar-refractivity contribution in [3.8, 4) is 5.75 Å². The maximum atomic E-state index is 5.65. The van der Waals surface area contributed by atoms with Gasteiger partial charge in [-0.3, -0.25) is 0 Å². The molecule has 0 bridgehead atoms. The molecule has 7 heteroatoms. The number of H-pyrrole nitrogens is 1. The molecule has 0 saturated heterocycles. The second-order valence-electron chi connectivity index (χ2n) is 4.50. The largest absolute Gasteiger partial charge is 0.486 e. The summed E-state index contributed by atoms with van der Waals surface area (Å²) >= 11 is 5.17. The van der Waals surface area contributed by atoms with E-state index in [9.17, 15) is 0 Å². The van der Waals surface area contributed by atoms with E-state index in [1.165, 1.54) is 4.68 Å². The third-order valence-electron chi connectivity index (χ3n) is 2.90. The first kappa shape index (κ1) is 15.0. The van der Waals surface area contributed by atoms with Crippen LogP contribution >= 0.6 is 12.2 Å². The van der Waals surface area contributed by atoms with Gasteiger partial charge in [0, 0.05) is 6.21 Å². The van der Waals surface area contributed by atoms with E-state index in [0.29, 0.717) is 10.6 Å². The highest BCUT2D eigenvalue weighted by Gasteiger charge is 2.05. The number of para-hydroxylation sites is 1. The Kier molecular flexibility index (Phi) is 4.80. The Bertz CT molecular complexity index is 848. The number of nitrogens with zero attached hydrogens (tertiary/aromatic N) is 3. The fourth-order valence-corrected chi connectivity index (χ4v) is 2.03. The van der Waals surface area contributed by atoms with Crippen LogP contribution in [0.15, 0.2) is 64.3 Å². The molecule has 3 aromatic rings. The quantitative estimate of drug-likeness (QED) is 0.554. The first-order valence-corrected chi connectivity index (χ1v) is 7.32. The Morgan fingerprint density at radius 1 is 1.26 bits per heavy atom. The standard InChI is InChI=1S/C16H14N4O2S/c23-16-19-18-15(12-22-14-6-2-1-3-7-14)20(16)17-10-4-8-13-9-5-11-21-13/h1-11H,12H2,(H,19,23)/b8-4+,17-10+. The molecule has 1 aromatic carbocycles. The fourth-order valence-electron chi connectivity index (χ4n) is 1.83. The molecule has 0 aliphatic rings. The minimum Gasteiger partial charge on any atom is -0.486 e. The summed E-state index contributed by atoms with van der Waals surface area (Å²) < 4.78 is 12.8. The molecule has 116 valence electrons. The second kappa shape index (κ2) is 7.37. The van der Waals surface area contributed by atoms with Crippen LogP contribution in [-0.2, 0) is 6.61 Å². The van der Waals surface area contributed by atoms with Crippen LogP contribution in [0.5, 0.6) is 5.75 Å². The van der Waals surface area contributed by atoms with Gasteiger partial charge in [0.15, 0.2) is 5.82 Å². The fraction of sp³-hybridized carbons (Fsp3) is 0.0625. The molecule has 0 aliphatic heterocycles. The van der Waals surface area contributed by atoms with E-state index in [0.717, 1.165) is 11.5 Å². The zero-order valence-corrected chi connectivity index (χ0v) is 12.9. The lowest BCUT2D eigenvalue weighted by Gasteiger charge is -2.04. The van der Waals surface area contributed by atoms with E-state index in [1.807, 2.05) is 42.5 Å². The van der Waals surface area contributed by atoms with Crippen LogP contribution in [0.4, 0.5) is 0 Å². The molecular formula is C16H14N4O2S. The van der Waals surface area contributed by atoms with Gasteiger partial charge in [-0.1, -0.05) is 18.2 Å². The van der Waals surface area contributed by atoms with Crippen molar-refractivity contribution >= 4 is 24.5 Å². The van der Waals surface area contributed by atoms with Gasteiger partial charge in [-0.2, -0.15) is 14.9 Å². The van der Waals surface area contributed by atoms with Crippen molar-refractivity contribution in [1.29, 1.82) is 0 Å². The van der Waals surface area contributed by atoms with Gasteiger partial charge in [0.2, 0.25) is 4.77 Å². The van der Waals surface area contributed by atoms with Crippen LogP contribution < -0.4 is 4.74 Å². The monoisotopic (exact) mass is 326 g/mol. The van der Waals surface area contributed by atoms with Crippen LogP contribution in [0.25, 0.3) is 6.08 Å². The first-order valence-electron chi connectivity index (χ1n) is 6.91. The number of aromatic amines is 1. The molecule has 2 aromatic heterocycles. The first-order chi connectivity index (χ1) is 11.3. The lowest BCUT2D eigenvalue weighted by atomic mass is 10.3. The van der Waals surface area contributed by atoms with Crippen molar-refractivity contribution in [3.63, 3.8) is 0 Å². The van der Waals surface area contributed by atoms with Crippen LogP contribution in [0.3, 0.4) is 0 Å². The Hall–Kier alpha value is -2.93. The number of aromatic nitrogens is 3. The minimum atomic E-state index is 0.260. The number of ether oxygens (including phenoxy) is 1. The Labute approximate surface area is 137 Å². The number of rotatable bonds is 6. The van der Waals surface area contributed by atoms with Crippen molar-refractivity contribution in [2.45, 2.75) is 6.61 Å². The number of allylic oxidation sites excluding steroid dienone is 1. The van der Waals surface area contributed by atoms with Gasteiger partial charge < -0.3 is 9.15 Å². The molecule has 23 heavy (non-hydrogen) atoms. The number of hydrogen-bond acceptors (Lipinski definition) is 5. The van der Waals surface area contributed by atoms with E-state index in [2.05, 4.69) is 15.3 Å². The summed E-state index contributed by atoms with van der Waals surface area (Å²) in [4.78, 5) is 0. The second-order valence-corrected chi connectivity index (χ2v) is 4.88. The molecule has 0 fully saturated rings. The summed E-state index contributed by atoms with van der Waals surface area (Å²) in [5.74, 6) is 2.09. The molecule has 3 rings (SSSR count). The van der Waals surface area contributed by atoms with Gasteiger partial charge >= 0.3 is 0 Å². The highest BCUT2D eigenvalue weighted by atomic mass is 32.1. The number of nitrogens with one attached hydrogen (secondary N) is 1. The Balaban J connectivity index is 1.67. The van der Waals surface area contributed by atoms with Gasteiger partial charge in [0.1, 0.15) is 18.1 Å². The molecule has 6 nitrogen and oxygen atoms in total. The van der Waals surface area contributed by atoms with Crippen molar-refractivity contribution in [2.24, 2.45) is 5.10 Å². The topological polar surface area (TPSA) is 68.3 Å². The summed E-state index contributed by atoms with van der Waals surface area (Å²) in [5.41, 5.74) is 0. The molecule has 0 unspecified atom stereocenters. The summed E-state index contributed by atoms with van der Waals surface area (Å²) in [6, 6.07) is 13.2. The maximum absolute atomic E-state index is 5.65. The van der Waals surface area contributed by atoms with Crippen molar-refractivity contribution in [2.75, 3.05) is 0 Å². The van der Waals surface area contributed by atoms with Crippen molar-refractivity contribution in [3.05, 3.63) is 71.2 Å². The highest BCUT2D eigenvalue weighted by molar-refractivity contribution is 7.71. The lowest BCUT2D eigenvalue weighted by molar-refractivity contribution is 0.290. The molecule has 0 atom stereocenters. The summed E-state index contributed by atoms with van der Waals surface area (Å²) in [6.07, 6.45) is 6.78. The SMILES string of the molecule is S=c1[nH]nc(COc2ccccc2)n1/N=C/C=C/c1ccco1. The van der Waals surface area contributed by atoms with E-state index in [-0.39, 0.29) is 6.61 Å². The Morgan fingerprint density at radius 2 is 2.13 bits per heavy atom. The number of benzene rings is 1. The van der Waals surface area contributed by atoms with Crippen LogP contribution in [-0.4, -0.2) is 21.1 Å². The number of furan rings is 1. The van der Waals surface area contributed by atoms with E-state index >= 15 is 0 Å². The zero-order valence-electron chi connectivity index (χ0n) is 12.1. The van der Waals surface area contributed by atoms with Crippen LogP contribution in [0.2, 0.25) is 0 Å². The van der Waals surface area contributed by atoms with E-state index in [1.54, 1.807) is 24.6 Å². The van der Waals surface area contributed by atoms with Gasteiger partial charge in [-0.15, -0.1) is 0 Å². The Morgan fingerprint density at radius 3 is 2.91 bits per heavy atom. The highest BCUT2D eigenvalue weighted by Crippen LogP contribution is 2.10.